The molecule has 82 valence electrons. The molecule has 1 aliphatic rings. The normalized spacial score (nSPS) is 18.1. The van der Waals surface area contributed by atoms with E-state index >= 15 is 0 Å². The Balaban J connectivity index is 1.86. The lowest BCUT2D eigenvalue weighted by Crippen LogP contribution is -2.36. The predicted octanol–water partition coefficient (Wildman–Crippen LogP) is -1.15. The van der Waals surface area contributed by atoms with Crippen LogP contribution in [0.5, 0.6) is 0 Å². The van der Waals surface area contributed by atoms with Crippen molar-refractivity contribution in [3.8, 4) is 0 Å². The van der Waals surface area contributed by atoms with E-state index in [4.69, 9.17) is 10.5 Å². The van der Waals surface area contributed by atoms with Crippen LogP contribution in [0.1, 0.15) is 12.8 Å². The Bertz CT molecular complexity index is 183. The Hall–Kier alpha value is -0.650. The molecule has 0 radical (unpaired) electrons. The van der Waals surface area contributed by atoms with Gasteiger partial charge in [-0.2, -0.15) is 0 Å². The number of carbonyl (C=O) groups excluding carboxylic acids is 1. The highest BCUT2D eigenvalue weighted by molar-refractivity contribution is 5.75. The molecule has 1 unspecified atom stereocenters. The van der Waals surface area contributed by atoms with Gasteiger partial charge in [0.15, 0.2) is 0 Å². The fourth-order valence-electron chi connectivity index (χ4n) is 1.08. The Labute approximate surface area is 83.6 Å². The number of hydrogen-bond donors (Lipinski definition) is 3. The number of nitrogens with one attached hydrogen (secondary N) is 1. The van der Waals surface area contributed by atoms with Gasteiger partial charge < -0.3 is 20.9 Å². The van der Waals surface area contributed by atoms with Gasteiger partial charge in [-0.3, -0.25) is 4.79 Å². The number of ether oxygens (including phenoxy) is 1. The van der Waals surface area contributed by atoms with E-state index < -0.39 is 12.0 Å². The van der Waals surface area contributed by atoms with E-state index in [9.17, 15) is 9.90 Å². The lowest BCUT2D eigenvalue weighted by atomic mass is 10.3. The minimum absolute atomic E-state index is 0.0969. The monoisotopic (exact) mass is 202 g/mol. The first-order chi connectivity index (χ1) is 6.68. The first kappa shape index (κ1) is 11.4. The average Bonchev–Trinajstić information content (AvgIpc) is 2.87. The number of primary amides is 1. The summed E-state index contributed by atoms with van der Waals surface area (Å²) in [5, 5.41) is 12.1. The molecule has 14 heavy (non-hydrogen) atoms. The third kappa shape index (κ3) is 5.90. The summed E-state index contributed by atoms with van der Waals surface area (Å²) >= 11 is 0. The maximum Gasteiger partial charge on any atom is 0.231 e. The Morgan fingerprint density at radius 3 is 2.93 bits per heavy atom. The van der Waals surface area contributed by atoms with E-state index in [1.54, 1.807) is 0 Å². The molecule has 1 amide bonds. The quantitative estimate of drug-likeness (QED) is 0.464. The van der Waals surface area contributed by atoms with Crippen LogP contribution in [0.3, 0.4) is 0 Å². The van der Waals surface area contributed by atoms with Gasteiger partial charge in [0.05, 0.1) is 19.3 Å². The molecule has 1 saturated carbocycles. The van der Waals surface area contributed by atoms with Gasteiger partial charge in [0.1, 0.15) is 0 Å². The number of aliphatic hydroxyl groups is 1. The minimum Gasteiger partial charge on any atom is -0.389 e. The number of carbonyl (C=O) groups is 1. The molecule has 0 saturated heterocycles. The van der Waals surface area contributed by atoms with Gasteiger partial charge in [-0.1, -0.05) is 0 Å². The molecule has 1 atom stereocenters. The topological polar surface area (TPSA) is 84.6 Å². The van der Waals surface area contributed by atoms with Crippen molar-refractivity contribution in [1.82, 2.24) is 5.32 Å². The third-order valence-electron chi connectivity index (χ3n) is 2.04. The second kappa shape index (κ2) is 5.95. The smallest absolute Gasteiger partial charge is 0.231 e. The van der Waals surface area contributed by atoms with Crippen molar-refractivity contribution in [3.63, 3.8) is 0 Å². The molecule has 0 aromatic carbocycles. The van der Waals surface area contributed by atoms with Crippen LogP contribution in [0, 0.1) is 5.92 Å². The van der Waals surface area contributed by atoms with Crippen LogP contribution in [0.4, 0.5) is 0 Å². The van der Waals surface area contributed by atoms with Crippen LogP contribution in [-0.2, 0) is 9.53 Å². The average molecular weight is 202 g/mol. The van der Waals surface area contributed by atoms with Crippen LogP contribution >= 0.6 is 0 Å². The minimum atomic E-state index is -0.562. The highest BCUT2D eigenvalue weighted by atomic mass is 16.5. The molecular weight excluding hydrogens is 184 g/mol. The van der Waals surface area contributed by atoms with Crippen molar-refractivity contribution in [3.05, 3.63) is 0 Å². The van der Waals surface area contributed by atoms with Gasteiger partial charge in [0.2, 0.25) is 5.91 Å². The highest BCUT2D eigenvalue weighted by Crippen LogP contribution is 2.28. The van der Waals surface area contributed by atoms with Crippen molar-refractivity contribution >= 4 is 5.91 Å². The van der Waals surface area contributed by atoms with Crippen LogP contribution < -0.4 is 11.1 Å². The molecule has 0 heterocycles. The molecule has 0 aromatic rings. The summed E-state index contributed by atoms with van der Waals surface area (Å²) in [4.78, 5) is 10.3. The number of hydrogen-bond acceptors (Lipinski definition) is 4. The summed E-state index contributed by atoms with van der Waals surface area (Å²) in [6.07, 6.45) is 1.93. The number of amides is 1. The van der Waals surface area contributed by atoms with Gasteiger partial charge in [-0.25, -0.2) is 0 Å². The maximum absolute atomic E-state index is 10.3. The van der Waals surface area contributed by atoms with E-state index in [-0.39, 0.29) is 6.54 Å². The van der Waals surface area contributed by atoms with Gasteiger partial charge in [0.25, 0.3) is 0 Å². The Kier molecular flexibility index (Phi) is 4.86. The standard InChI is InChI=1S/C9H18N2O3/c10-9(13)4-11-3-8(12)6-14-5-7-1-2-7/h7-8,11-12H,1-6H2,(H2,10,13). The van der Waals surface area contributed by atoms with Gasteiger partial charge >= 0.3 is 0 Å². The Morgan fingerprint density at radius 1 is 1.64 bits per heavy atom. The highest BCUT2D eigenvalue weighted by Gasteiger charge is 2.21. The number of rotatable bonds is 8. The van der Waals surface area contributed by atoms with Crippen molar-refractivity contribution in [2.75, 3.05) is 26.3 Å². The summed E-state index contributed by atoms with van der Waals surface area (Å²) in [5.41, 5.74) is 4.91. The zero-order chi connectivity index (χ0) is 10.4. The zero-order valence-electron chi connectivity index (χ0n) is 8.24. The van der Waals surface area contributed by atoms with Crippen molar-refractivity contribution in [2.24, 2.45) is 11.7 Å². The van der Waals surface area contributed by atoms with E-state index in [2.05, 4.69) is 5.32 Å². The molecule has 0 aromatic heterocycles. The molecule has 1 aliphatic carbocycles. The molecule has 1 rings (SSSR count). The summed E-state index contributed by atoms with van der Waals surface area (Å²) in [6.45, 7) is 1.50. The van der Waals surface area contributed by atoms with Gasteiger partial charge in [-0.15, -0.1) is 0 Å². The van der Waals surface area contributed by atoms with Crippen LogP contribution in [0.25, 0.3) is 0 Å². The number of aliphatic hydroxyl groups excluding tert-OH is 1. The largest absolute Gasteiger partial charge is 0.389 e. The molecule has 0 aliphatic heterocycles. The lowest BCUT2D eigenvalue weighted by Gasteiger charge is -2.11. The van der Waals surface area contributed by atoms with Gasteiger partial charge in [-0.05, 0) is 18.8 Å². The fourth-order valence-corrected chi connectivity index (χ4v) is 1.08. The predicted molar refractivity (Wildman–Crippen MR) is 51.6 cm³/mol. The summed E-state index contributed by atoms with van der Waals surface area (Å²) in [7, 11) is 0. The fraction of sp³-hybridized carbons (Fsp3) is 0.889. The van der Waals surface area contributed by atoms with Crippen molar-refractivity contribution in [2.45, 2.75) is 18.9 Å². The lowest BCUT2D eigenvalue weighted by molar-refractivity contribution is -0.117. The molecule has 5 nitrogen and oxygen atoms in total. The first-order valence-corrected chi connectivity index (χ1v) is 4.93. The van der Waals surface area contributed by atoms with Gasteiger partial charge in [0, 0.05) is 13.2 Å². The second-order valence-electron chi connectivity index (χ2n) is 3.73. The SMILES string of the molecule is NC(=O)CNCC(O)COCC1CC1. The summed E-state index contributed by atoms with van der Waals surface area (Å²) in [5.74, 6) is 0.289. The first-order valence-electron chi connectivity index (χ1n) is 4.93. The Morgan fingerprint density at radius 2 is 2.36 bits per heavy atom. The van der Waals surface area contributed by atoms with E-state index in [0.29, 0.717) is 19.1 Å². The molecule has 5 heteroatoms. The third-order valence-corrected chi connectivity index (χ3v) is 2.04. The van der Waals surface area contributed by atoms with E-state index in [1.165, 1.54) is 12.8 Å². The summed E-state index contributed by atoms with van der Waals surface area (Å²) < 4.78 is 5.27. The summed E-state index contributed by atoms with van der Waals surface area (Å²) in [6, 6.07) is 0. The van der Waals surface area contributed by atoms with Crippen LogP contribution in [-0.4, -0.2) is 43.4 Å². The van der Waals surface area contributed by atoms with Crippen LogP contribution in [0.15, 0.2) is 0 Å². The second-order valence-corrected chi connectivity index (χ2v) is 3.73. The zero-order valence-corrected chi connectivity index (χ0v) is 8.24. The van der Waals surface area contributed by atoms with Crippen molar-refractivity contribution < 1.29 is 14.6 Å². The number of nitrogens with two attached hydrogens (primary N) is 1. The van der Waals surface area contributed by atoms with Crippen LogP contribution in [0.2, 0.25) is 0 Å². The molecule has 1 fully saturated rings. The van der Waals surface area contributed by atoms with E-state index in [0.717, 1.165) is 6.61 Å². The van der Waals surface area contributed by atoms with Crippen molar-refractivity contribution in [1.29, 1.82) is 0 Å². The molecular formula is C9H18N2O3. The van der Waals surface area contributed by atoms with E-state index in [1.807, 2.05) is 0 Å². The maximum atomic E-state index is 10.3. The molecule has 0 bridgehead atoms. The molecule has 4 N–H and O–H groups in total. The molecule has 0 spiro atoms.